The van der Waals surface area contributed by atoms with Gasteiger partial charge in [0.2, 0.25) is 6.17 Å². The van der Waals surface area contributed by atoms with Gasteiger partial charge in [-0.05, 0) is 12.1 Å². The van der Waals surface area contributed by atoms with Crippen LogP contribution in [0, 0.1) is 0 Å². The van der Waals surface area contributed by atoms with E-state index < -0.39 is 29.6 Å². The second-order valence-corrected chi connectivity index (χ2v) is 3.62. The molecule has 1 saturated carbocycles. The van der Waals surface area contributed by atoms with E-state index in [2.05, 4.69) is 4.74 Å². The van der Waals surface area contributed by atoms with E-state index in [-0.39, 0.29) is 0 Å². The van der Waals surface area contributed by atoms with Crippen molar-refractivity contribution < 1.29 is 31.1 Å². The van der Waals surface area contributed by atoms with Gasteiger partial charge in [-0.1, -0.05) is 18.2 Å². The van der Waals surface area contributed by atoms with Gasteiger partial charge in [0.05, 0.1) is 0 Å². The fourth-order valence-electron chi connectivity index (χ4n) is 1.48. The van der Waals surface area contributed by atoms with E-state index in [9.17, 15) is 26.3 Å². The van der Waals surface area contributed by atoms with Gasteiger partial charge >= 0.3 is 17.7 Å². The molecule has 1 aromatic rings. The summed E-state index contributed by atoms with van der Waals surface area (Å²) >= 11 is 0. The predicted molar refractivity (Wildman–Crippen MR) is 45.7 cm³/mol. The van der Waals surface area contributed by atoms with E-state index in [1.807, 2.05) is 0 Å². The van der Waals surface area contributed by atoms with Crippen LogP contribution in [-0.4, -0.2) is 23.9 Å². The first-order valence-electron chi connectivity index (χ1n) is 4.56. The van der Waals surface area contributed by atoms with Gasteiger partial charge in [0.25, 0.3) is 0 Å². The zero-order chi connectivity index (χ0) is 12.9. The summed E-state index contributed by atoms with van der Waals surface area (Å²) in [6.45, 7) is 0. The number of para-hydroxylation sites is 1. The van der Waals surface area contributed by atoms with E-state index in [0.717, 1.165) is 12.1 Å². The van der Waals surface area contributed by atoms with E-state index in [1.165, 1.54) is 18.2 Å². The van der Waals surface area contributed by atoms with Crippen molar-refractivity contribution in [1.29, 1.82) is 0 Å². The lowest BCUT2D eigenvalue weighted by atomic mass is 9.80. The number of hydrogen-bond acceptors (Lipinski definition) is 1. The first-order valence-corrected chi connectivity index (χ1v) is 4.56. The maximum Gasteiger partial charge on any atom is 0.384 e. The minimum absolute atomic E-state index is 0.451. The maximum atomic E-state index is 13.4. The molecule has 0 radical (unpaired) electrons. The van der Waals surface area contributed by atoms with Crippen LogP contribution in [0.25, 0.3) is 0 Å². The molecular weight excluding hydrogens is 250 g/mol. The Balaban J connectivity index is 2.27. The first kappa shape index (κ1) is 12.1. The van der Waals surface area contributed by atoms with Crippen LogP contribution in [0.2, 0.25) is 0 Å². The lowest BCUT2D eigenvalue weighted by molar-refractivity contribution is -0.445. The maximum absolute atomic E-state index is 13.4. The molecule has 0 aliphatic heterocycles. The molecule has 0 spiro atoms. The van der Waals surface area contributed by atoms with Crippen molar-refractivity contribution in [3.8, 4) is 5.75 Å². The summed E-state index contributed by atoms with van der Waals surface area (Å²) in [6, 6.07) is 6.20. The van der Waals surface area contributed by atoms with Crippen molar-refractivity contribution in [2.24, 2.45) is 0 Å². The molecule has 2 rings (SSSR count). The standard InChI is InChI=1S/C10H6F6O/c11-7-8(12,13)10(15,16)9(7,14)17-6-4-2-1-3-5-6/h1-5,7H. The molecular formula is C10H6F6O. The van der Waals surface area contributed by atoms with E-state index in [0.29, 0.717) is 0 Å². The number of hydrogen-bond donors (Lipinski definition) is 0. The number of benzene rings is 1. The van der Waals surface area contributed by atoms with Crippen molar-refractivity contribution in [3.05, 3.63) is 30.3 Å². The zero-order valence-corrected chi connectivity index (χ0v) is 8.14. The van der Waals surface area contributed by atoms with Crippen LogP contribution in [0.3, 0.4) is 0 Å². The zero-order valence-electron chi connectivity index (χ0n) is 8.14. The lowest BCUT2D eigenvalue weighted by Gasteiger charge is -2.49. The van der Waals surface area contributed by atoms with Gasteiger partial charge in [0.1, 0.15) is 5.75 Å². The molecule has 1 aromatic carbocycles. The average molecular weight is 256 g/mol. The summed E-state index contributed by atoms with van der Waals surface area (Å²) in [4.78, 5) is 0. The molecule has 1 aliphatic rings. The summed E-state index contributed by atoms with van der Waals surface area (Å²) in [5.41, 5.74) is 0. The highest BCUT2D eigenvalue weighted by Gasteiger charge is 2.92. The molecule has 0 heterocycles. The Morgan fingerprint density at radius 3 is 1.94 bits per heavy atom. The smallest absolute Gasteiger partial charge is 0.384 e. The highest BCUT2D eigenvalue weighted by atomic mass is 19.3. The molecule has 94 valence electrons. The Hall–Kier alpha value is -1.40. The Kier molecular flexibility index (Phi) is 2.34. The van der Waals surface area contributed by atoms with Gasteiger partial charge in [-0.25, -0.2) is 4.39 Å². The van der Waals surface area contributed by atoms with Crippen molar-refractivity contribution >= 4 is 0 Å². The summed E-state index contributed by atoms with van der Waals surface area (Å²) in [5, 5.41) is 0. The second kappa shape index (κ2) is 3.30. The van der Waals surface area contributed by atoms with Gasteiger partial charge < -0.3 is 4.74 Å². The Labute approximate surface area is 92.0 Å². The van der Waals surface area contributed by atoms with Gasteiger partial charge in [-0.2, -0.15) is 22.0 Å². The second-order valence-electron chi connectivity index (χ2n) is 3.62. The van der Waals surface area contributed by atoms with E-state index >= 15 is 0 Å². The molecule has 0 saturated heterocycles. The Morgan fingerprint density at radius 2 is 1.47 bits per heavy atom. The molecule has 0 N–H and O–H groups in total. The first-order chi connectivity index (χ1) is 7.73. The number of rotatable bonds is 2. The Bertz CT molecular complexity index is 420. The molecule has 0 aromatic heterocycles. The van der Waals surface area contributed by atoms with Crippen molar-refractivity contribution in [2.45, 2.75) is 23.9 Å². The van der Waals surface area contributed by atoms with Crippen LogP contribution in [0.5, 0.6) is 5.75 Å². The van der Waals surface area contributed by atoms with Crippen molar-refractivity contribution in [1.82, 2.24) is 0 Å². The Morgan fingerprint density at radius 1 is 0.941 bits per heavy atom. The highest BCUT2D eigenvalue weighted by molar-refractivity contribution is 5.27. The summed E-state index contributed by atoms with van der Waals surface area (Å²) in [7, 11) is 0. The molecule has 17 heavy (non-hydrogen) atoms. The fourth-order valence-corrected chi connectivity index (χ4v) is 1.48. The molecule has 2 unspecified atom stereocenters. The third-order valence-electron chi connectivity index (χ3n) is 2.50. The molecule has 0 amide bonds. The molecule has 7 heteroatoms. The van der Waals surface area contributed by atoms with Gasteiger partial charge in [0, 0.05) is 0 Å². The van der Waals surface area contributed by atoms with Crippen LogP contribution in [0.4, 0.5) is 26.3 Å². The summed E-state index contributed by atoms with van der Waals surface area (Å²) < 4.78 is 80.8. The van der Waals surface area contributed by atoms with E-state index in [4.69, 9.17) is 0 Å². The summed E-state index contributed by atoms with van der Waals surface area (Å²) in [5.74, 6) is -15.0. The van der Waals surface area contributed by atoms with Gasteiger partial charge in [-0.3, -0.25) is 0 Å². The largest absolute Gasteiger partial charge is 0.450 e. The quantitative estimate of drug-likeness (QED) is 0.737. The molecule has 0 bridgehead atoms. The monoisotopic (exact) mass is 256 g/mol. The molecule has 2 atom stereocenters. The predicted octanol–water partition coefficient (Wildman–Crippen LogP) is 3.35. The topological polar surface area (TPSA) is 9.23 Å². The van der Waals surface area contributed by atoms with E-state index in [1.54, 1.807) is 0 Å². The minimum atomic E-state index is -5.20. The lowest BCUT2D eigenvalue weighted by Crippen LogP contribution is -2.80. The molecule has 1 aliphatic carbocycles. The minimum Gasteiger partial charge on any atom is -0.450 e. The molecule has 1 fully saturated rings. The number of ether oxygens (including phenoxy) is 1. The van der Waals surface area contributed by atoms with Gasteiger partial charge in [0.15, 0.2) is 0 Å². The summed E-state index contributed by atoms with van der Waals surface area (Å²) in [6.07, 6.45) is -3.70. The third-order valence-corrected chi connectivity index (χ3v) is 2.50. The van der Waals surface area contributed by atoms with Crippen LogP contribution < -0.4 is 4.74 Å². The van der Waals surface area contributed by atoms with Crippen LogP contribution in [0.1, 0.15) is 0 Å². The van der Waals surface area contributed by atoms with Crippen LogP contribution in [-0.2, 0) is 0 Å². The number of alkyl halides is 6. The van der Waals surface area contributed by atoms with Crippen LogP contribution >= 0.6 is 0 Å². The van der Waals surface area contributed by atoms with Gasteiger partial charge in [-0.15, -0.1) is 0 Å². The molecule has 1 nitrogen and oxygen atoms in total. The third kappa shape index (κ3) is 1.34. The average Bonchev–Trinajstić information content (AvgIpc) is 2.28. The van der Waals surface area contributed by atoms with Crippen molar-refractivity contribution in [3.63, 3.8) is 0 Å². The van der Waals surface area contributed by atoms with Crippen molar-refractivity contribution in [2.75, 3.05) is 0 Å². The normalized spacial score (nSPS) is 33.9. The number of halogens is 6. The fraction of sp³-hybridized carbons (Fsp3) is 0.400. The van der Waals surface area contributed by atoms with Crippen LogP contribution in [0.15, 0.2) is 30.3 Å². The highest BCUT2D eigenvalue weighted by Crippen LogP contribution is 2.61. The SMILES string of the molecule is FC1C(F)(F)C(F)(F)C1(F)Oc1ccccc1.